The van der Waals surface area contributed by atoms with Gasteiger partial charge in [0.15, 0.2) is 17.8 Å². The summed E-state index contributed by atoms with van der Waals surface area (Å²) in [5, 5.41) is 104. The van der Waals surface area contributed by atoms with E-state index in [2.05, 4.69) is 0 Å². The SMILES string of the molecule is COc1cc2oc(-c3ccc(O[C@@H]4O[C@H](CO)[C@@H](O)[C@H](O)[C@H]4O)cc3)cc(=O)c2c(O)c1[C@@H]1O[C@H](CO)[C@@H](O)[C@H](O)[C@H]1O[C@@H]1OC[C@H](OC(C)=O)[C@H](O)[C@H]1O. The van der Waals surface area contributed by atoms with Crippen molar-refractivity contribution < 1.29 is 93.4 Å². The lowest BCUT2D eigenvalue weighted by Crippen LogP contribution is -2.60. The number of aliphatic hydroxyl groups is 9. The molecule has 2 aromatic carbocycles. The minimum Gasteiger partial charge on any atom is -0.506 e. The van der Waals surface area contributed by atoms with Gasteiger partial charge in [0.05, 0.1) is 32.5 Å². The zero-order valence-electron chi connectivity index (χ0n) is 29.2. The van der Waals surface area contributed by atoms with Crippen molar-refractivity contribution in [2.75, 3.05) is 26.9 Å². The molecule has 3 aliphatic heterocycles. The summed E-state index contributed by atoms with van der Waals surface area (Å²) in [7, 11) is 1.22. The maximum absolute atomic E-state index is 13.6. The van der Waals surface area contributed by atoms with E-state index in [1.807, 2.05) is 0 Å². The lowest BCUT2D eigenvalue weighted by Gasteiger charge is -2.45. The highest BCUT2D eigenvalue weighted by molar-refractivity contribution is 5.88. The van der Waals surface area contributed by atoms with E-state index in [0.717, 1.165) is 13.0 Å². The van der Waals surface area contributed by atoms with Crippen LogP contribution in [0.3, 0.4) is 0 Å². The number of hydrogen-bond acceptors (Lipinski definition) is 20. The van der Waals surface area contributed by atoms with E-state index in [9.17, 15) is 60.7 Å². The Kier molecular flexibility index (Phi) is 12.3. The summed E-state index contributed by atoms with van der Waals surface area (Å²) in [4.78, 5) is 25.0. The molecule has 0 amide bonds. The number of phenolic OH excluding ortho intramolecular Hbond substituents is 1. The number of rotatable bonds is 10. The van der Waals surface area contributed by atoms with Crippen LogP contribution in [0.2, 0.25) is 0 Å². The first-order valence-electron chi connectivity index (χ1n) is 17.1. The third-order valence-electron chi connectivity index (χ3n) is 9.65. The fourth-order valence-electron chi connectivity index (χ4n) is 6.71. The molecule has 0 spiro atoms. The first-order valence-corrected chi connectivity index (χ1v) is 17.1. The van der Waals surface area contributed by atoms with Crippen LogP contribution in [0.5, 0.6) is 17.2 Å². The van der Waals surface area contributed by atoms with Gasteiger partial charge in [0.1, 0.15) is 101 Å². The van der Waals surface area contributed by atoms with Gasteiger partial charge in [0, 0.05) is 24.6 Å². The summed E-state index contributed by atoms with van der Waals surface area (Å²) >= 11 is 0. The maximum Gasteiger partial charge on any atom is 0.303 e. The molecule has 3 aromatic rings. The van der Waals surface area contributed by atoms with Crippen LogP contribution >= 0.6 is 0 Å². The van der Waals surface area contributed by atoms with Crippen molar-refractivity contribution in [3.63, 3.8) is 0 Å². The number of hydrogen-bond donors (Lipinski definition) is 10. The summed E-state index contributed by atoms with van der Waals surface area (Å²) in [5.74, 6) is -1.48. The molecule has 4 heterocycles. The predicted octanol–water partition coefficient (Wildman–Crippen LogP) is -3.10. The van der Waals surface area contributed by atoms with Gasteiger partial charge < -0.3 is 88.6 Å². The number of benzene rings is 2. The molecule has 6 rings (SSSR count). The number of aliphatic hydroxyl groups excluding tert-OH is 9. The monoisotopic (exact) mass is 782 g/mol. The highest BCUT2D eigenvalue weighted by atomic mass is 16.7. The molecule has 20 nitrogen and oxygen atoms in total. The van der Waals surface area contributed by atoms with Crippen LogP contribution in [0.15, 0.2) is 45.6 Å². The van der Waals surface area contributed by atoms with Crippen LogP contribution in [0.4, 0.5) is 0 Å². The van der Waals surface area contributed by atoms with Gasteiger partial charge in [-0.2, -0.15) is 0 Å². The Morgan fingerprint density at radius 2 is 1.45 bits per heavy atom. The summed E-state index contributed by atoms with van der Waals surface area (Å²) in [5.41, 5.74) is -0.848. The van der Waals surface area contributed by atoms with Crippen molar-refractivity contribution in [2.45, 2.75) is 92.8 Å². The fraction of sp³-hybridized carbons (Fsp3) is 0.543. The molecule has 3 aliphatic rings. The molecule has 0 saturated carbocycles. The third kappa shape index (κ3) is 7.87. The van der Waals surface area contributed by atoms with Crippen molar-refractivity contribution in [3.8, 4) is 28.6 Å². The van der Waals surface area contributed by atoms with Crippen LogP contribution in [0, 0.1) is 0 Å². The summed E-state index contributed by atoms with van der Waals surface area (Å²) in [6.07, 6.45) is -22.4. The van der Waals surface area contributed by atoms with Crippen LogP contribution in [-0.4, -0.2) is 164 Å². The van der Waals surface area contributed by atoms with Gasteiger partial charge in [0.25, 0.3) is 0 Å². The largest absolute Gasteiger partial charge is 0.506 e. The van der Waals surface area contributed by atoms with Crippen molar-refractivity contribution in [3.05, 3.63) is 52.2 Å². The number of ether oxygens (including phenoxy) is 7. The standard InChI is InChI=1S/C35H42O20/c1-12(38)50-21-11-49-34(30(46)26(21)42)55-33-29(45)25(41)19(9-36)53-32(33)23-17(48-2)8-18-22(27(23)43)15(39)7-16(52-18)13-3-5-14(6-4-13)51-35-31(47)28(44)24(40)20(10-37)54-35/h3-8,19-21,24-26,28-37,40-47H,9-11H2,1-2H3/t19-,20-,21+,24-,25-,26+,28+,29+,30-,31-,32+,33-,34+,35-/m1/s1. The fourth-order valence-corrected chi connectivity index (χ4v) is 6.71. The first kappa shape index (κ1) is 40.7. The second-order valence-electron chi connectivity index (χ2n) is 13.2. The van der Waals surface area contributed by atoms with Gasteiger partial charge in [-0.3, -0.25) is 9.59 Å². The molecule has 0 aliphatic carbocycles. The zero-order valence-corrected chi connectivity index (χ0v) is 29.2. The third-order valence-corrected chi connectivity index (χ3v) is 9.65. The van der Waals surface area contributed by atoms with Crippen LogP contribution < -0.4 is 14.9 Å². The summed E-state index contributed by atoms with van der Waals surface area (Å²) < 4.78 is 44.7. The smallest absolute Gasteiger partial charge is 0.303 e. The van der Waals surface area contributed by atoms with Gasteiger partial charge in [0.2, 0.25) is 6.29 Å². The number of methoxy groups -OCH3 is 1. The van der Waals surface area contributed by atoms with Crippen molar-refractivity contribution in [1.29, 1.82) is 0 Å². The lowest BCUT2D eigenvalue weighted by atomic mass is 9.89. The van der Waals surface area contributed by atoms with Crippen molar-refractivity contribution in [2.24, 2.45) is 0 Å². The second-order valence-corrected chi connectivity index (χ2v) is 13.2. The number of phenols is 1. The summed E-state index contributed by atoms with van der Waals surface area (Å²) in [6, 6.07) is 8.16. The number of esters is 1. The Balaban J connectivity index is 1.30. The zero-order chi connectivity index (χ0) is 39.9. The van der Waals surface area contributed by atoms with Gasteiger partial charge in [-0.05, 0) is 24.3 Å². The Morgan fingerprint density at radius 3 is 2.09 bits per heavy atom. The quantitative estimate of drug-likeness (QED) is 0.0911. The Bertz CT molecular complexity index is 1870. The van der Waals surface area contributed by atoms with Crippen LogP contribution in [0.1, 0.15) is 18.6 Å². The van der Waals surface area contributed by atoms with E-state index in [-0.39, 0.29) is 33.8 Å². The average Bonchev–Trinajstić information content (AvgIpc) is 3.16. The van der Waals surface area contributed by atoms with Crippen LogP contribution in [0.25, 0.3) is 22.3 Å². The van der Waals surface area contributed by atoms with Crippen molar-refractivity contribution >= 4 is 16.9 Å². The Labute approximate surface area is 310 Å². The maximum atomic E-state index is 13.6. The molecular weight excluding hydrogens is 740 g/mol. The Morgan fingerprint density at radius 1 is 0.818 bits per heavy atom. The van der Waals surface area contributed by atoms with E-state index in [4.69, 9.17) is 37.6 Å². The topological polar surface area (TPSA) is 314 Å². The number of fused-ring (bicyclic) bond motifs is 1. The van der Waals surface area contributed by atoms with Gasteiger partial charge in [-0.25, -0.2) is 0 Å². The molecule has 14 atom stereocenters. The van der Waals surface area contributed by atoms with Crippen LogP contribution in [-0.2, 0) is 28.5 Å². The molecule has 0 unspecified atom stereocenters. The number of carbonyl (C=O) groups is 1. The highest BCUT2D eigenvalue weighted by Gasteiger charge is 2.51. The molecule has 20 heteroatoms. The lowest BCUT2D eigenvalue weighted by molar-refractivity contribution is -0.325. The molecule has 55 heavy (non-hydrogen) atoms. The summed E-state index contributed by atoms with van der Waals surface area (Å²) in [6.45, 7) is -0.784. The minimum absolute atomic E-state index is 0.0224. The van der Waals surface area contributed by atoms with E-state index < -0.39 is 123 Å². The molecule has 1 aromatic heterocycles. The second kappa shape index (κ2) is 16.6. The van der Waals surface area contributed by atoms with Gasteiger partial charge in [-0.1, -0.05) is 0 Å². The molecule has 3 fully saturated rings. The van der Waals surface area contributed by atoms with E-state index >= 15 is 0 Å². The van der Waals surface area contributed by atoms with E-state index in [1.165, 1.54) is 37.4 Å². The van der Waals surface area contributed by atoms with Gasteiger partial charge >= 0.3 is 5.97 Å². The minimum atomic E-state index is -1.87. The van der Waals surface area contributed by atoms with E-state index in [0.29, 0.717) is 5.56 Å². The normalized spacial score (nSPS) is 35.3. The first-order chi connectivity index (χ1) is 26.2. The average molecular weight is 783 g/mol. The molecule has 0 bridgehead atoms. The number of aromatic hydroxyl groups is 1. The predicted molar refractivity (Wildman–Crippen MR) is 179 cm³/mol. The molecule has 0 radical (unpaired) electrons. The highest BCUT2D eigenvalue weighted by Crippen LogP contribution is 2.46. The van der Waals surface area contributed by atoms with E-state index in [1.54, 1.807) is 0 Å². The number of carbonyl (C=O) groups excluding carboxylic acids is 1. The molecule has 10 N–H and O–H groups in total. The van der Waals surface area contributed by atoms with Crippen molar-refractivity contribution in [1.82, 2.24) is 0 Å². The molecule has 3 saturated heterocycles. The molecular formula is C35H42O20. The van der Waals surface area contributed by atoms with Gasteiger partial charge in [-0.15, -0.1) is 0 Å². The molecule has 302 valence electrons. The Hall–Kier alpha value is -4.00.